The molecule has 0 radical (unpaired) electrons. The molecule has 0 atom stereocenters. The number of hydrogen-bond acceptors (Lipinski definition) is 3. The van der Waals surface area contributed by atoms with Gasteiger partial charge >= 0.3 is 0 Å². The molecule has 22 heavy (non-hydrogen) atoms. The first kappa shape index (κ1) is 16.3. The molecular weight excluding hydrogens is 298 g/mol. The van der Waals surface area contributed by atoms with Crippen LogP contribution in [-0.4, -0.2) is 17.4 Å². The van der Waals surface area contributed by atoms with E-state index < -0.39 is 0 Å². The molecule has 0 aliphatic carbocycles. The average Bonchev–Trinajstić information content (AvgIpc) is 2.54. The topological polar surface area (TPSA) is 54.0 Å². The Morgan fingerprint density at radius 1 is 1.27 bits per heavy atom. The molecule has 4 nitrogen and oxygen atoms in total. The number of carbonyl (C=O) groups excluding carboxylic acids is 1. The molecule has 0 saturated carbocycles. The van der Waals surface area contributed by atoms with Crippen LogP contribution in [-0.2, 0) is 6.54 Å². The first-order valence-corrected chi connectivity index (χ1v) is 7.80. The molecule has 116 valence electrons. The second kappa shape index (κ2) is 8.39. The van der Waals surface area contributed by atoms with Gasteiger partial charge in [0.05, 0.1) is 0 Å². The van der Waals surface area contributed by atoms with Crippen molar-refractivity contribution in [3.05, 3.63) is 58.9 Å². The SMILES string of the molecule is CCCCNC(=O)c1cc(NCc2ccccc2Cl)ccn1. The number of hydrogen-bond donors (Lipinski definition) is 2. The first-order chi connectivity index (χ1) is 10.7. The Bertz CT molecular complexity index is 631. The van der Waals surface area contributed by atoms with E-state index in [9.17, 15) is 4.79 Å². The summed E-state index contributed by atoms with van der Waals surface area (Å²) in [5, 5.41) is 6.84. The van der Waals surface area contributed by atoms with E-state index in [4.69, 9.17) is 11.6 Å². The van der Waals surface area contributed by atoms with Crippen LogP contribution in [0.15, 0.2) is 42.6 Å². The molecule has 5 heteroatoms. The van der Waals surface area contributed by atoms with Gasteiger partial charge in [-0.05, 0) is 30.2 Å². The Balaban J connectivity index is 1.96. The van der Waals surface area contributed by atoms with E-state index in [1.54, 1.807) is 12.3 Å². The van der Waals surface area contributed by atoms with Crippen LogP contribution in [0.3, 0.4) is 0 Å². The Hall–Kier alpha value is -2.07. The number of nitrogens with one attached hydrogen (secondary N) is 2. The lowest BCUT2D eigenvalue weighted by molar-refractivity contribution is 0.0948. The maximum Gasteiger partial charge on any atom is 0.269 e. The fourth-order valence-corrected chi connectivity index (χ4v) is 2.18. The summed E-state index contributed by atoms with van der Waals surface area (Å²) >= 11 is 6.13. The zero-order chi connectivity index (χ0) is 15.8. The van der Waals surface area contributed by atoms with E-state index in [1.807, 2.05) is 30.3 Å². The summed E-state index contributed by atoms with van der Waals surface area (Å²) in [5.41, 5.74) is 2.27. The molecule has 1 aromatic heterocycles. The monoisotopic (exact) mass is 317 g/mol. The average molecular weight is 318 g/mol. The van der Waals surface area contributed by atoms with Crippen molar-refractivity contribution in [2.45, 2.75) is 26.3 Å². The maximum atomic E-state index is 12.0. The Morgan fingerprint density at radius 3 is 2.86 bits per heavy atom. The normalized spacial score (nSPS) is 10.3. The van der Waals surface area contributed by atoms with Gasteiger partial charge in [0.15, 0.2) is 0 Å². The number of pyridine rings is 1. The highest BCUT2D eigenvalue weighted by molar-refractivity contribution is 6.31. The van der Waals surface area contributed by atoms with Crippen LogP contribution in [0, 0.1) is 0 Å². The van der Waals surface area contributed by atoms with Crippen molar-refractivity contribution < 1.29 is 4.79 Å². The van der Waals surface area contributed by atoms with Gasteiger partial charge in [-0.1, -0.05) is 43.1 Å². The smallest absolute Gasteiger partial charge is 0.269 e. The van der Waals surface area contributed by atoms with Gasteiger partial charge in [0.2, 0.25) is 0 Å². The minimum atomic E-state index is -0.144. The highest BCUT2D eigenvalue weighted by Gasteiger charge is 2.07. The number of halogens is 1. The van der Waals surface area contributed by atoms with Gasteiger partial charge in [-0.25, -0.2) is 0 Å². The number of amides is 1. The van der Waals surface area contributed by atoms with Gasteiger partial charge in [0, 0.05) is 30.0 Å². The second-order valence-corrected chi connectivity index (χ2v) is 5.39. The fourth-order valence-electron chi connectivity index (χ4n) is 1.97. The zero-order valence-corrected chi connectivity index (χ0v) is 13.4. The molecule has 1 amide bonds. The number of carbonyl (C=O) groups is 1. The van der Waals surface area contributed by atoms with E-state index in [-0.39, 0.29) is 5.91 Å². The molecule has 0 spiro atoms. The van der Waals surface area contributed by atoms with Crippen LogP contribution in [0.2, 0.25) is 5.02 Å². The van der Waals surface area contributed by atoms with Gasteiger partial charge in [0.1, 0.15) is 5.69 Å². The molecule has 1 heterocycles. The molecule has 1 aromatic carbocycles. The summed E-state index contributed by atoms with van der Waals surface area (Å²) in [6.45, 7) is 3.36. The lowest BCUT2D eigenvalue weighted by Gasteiger charge is -2.09. The molecule has 2 rings (SSSR count). The summed E-state index contributed by atoms with van der Waals surface area (Å²) in [6, 6.07) is 11.3. The second-order valence-electron chi connectivity index (χ2n) is 4.98. The minimum Gasteiger partial charge on any atom is -0.381 e. The van der Waals surface area contributed by atoms with Crippen LogP contribution in [0.5, 0.6) is 0 Å². The van der Waals surface area contributed by atoms with Crippen LogP contribution >= 0.6 is 11.6 Å². The molecule has 2 aromatic rings. The summed E-state index contributed by atoms with van der Waals surface area (Å²) in [7, 11) is 0. The lowest BCUT2D eigenvalue weighted by Crippen LogP contribution is -2.25. The summed E-state index contributed by atoms with van der Waals surface area (Å²) in [4.78, 5) is 16.1. The van der Waals surface area contributed by atoms with Crippen molar-refractivity contribution in [2.75, 3.05) is 11.9 Å². The number of benzene rings is 1. The van der Waals surface area contributed by atoms with Crippen LogP contribution in [0.4, 0.5) is 5.69 Å². The molecule has 2 N–H and O–H groups in total. The Morgan fingerprint density at radius 2 is 2.09 bits per heavy atom. The highest BCUT2D eigenvalue weighted by atomic mass is 35.5. The van der Waals surface area contributed by atoms with Gasteiger partial charge in [-0.2, -0.15) is 0 Å². The maximum absolute atomic E-state index is 12.0. The third-order valence-corrected chi connectivity index (χ3v) is 3.62. The number of aromatic nitrogens is 1. The standard InChI is InChI=1S/C17H20ClN3O/c1-2-3-9-20-17(22)16-11-14(8-10-19-16)21-12-13-6-4-5-7-15(13)18/h4-8,10-11H,2-3,9,12H2,1H3,(H,19,21)(H,20,22). The number of rotatable bonds is 7. The van der Waals surface area contributed by atoms with Gasteiger partial charge in [0.25, 0.3) is 5.91 Å². The van der Waals surface area contributed by atoms with Crippen molar-refractivity contribution in [1.29, 1.82) is 0 Å². The predicted molar refractivity (Wildman–Crippen MR) is 90.3 cm³/mol. The van der Waals surface area contributed by atoms with Crippen molar-refractivity contribution in [1.82, 2.24) is 10.3 Å². The van der Waals surface area contributed by atoms with E-state index >= 15 is 0 Å². The minimum absolute atomic E-state index is 0.144. The summed E-state index contributed by atoms with van der Waals surface area (Å²) < 4.78 is 0. The lowest BCUT2D eigenvalue weighted by atomic mass is 10.2. The molecule has 0 fully saturated rings. The third-order valence-electron chi connectivity index (χ3n) is 3.25. The third kappa shape index (κ3) is 4.74. The molecule has 0 aliphatic heterocycles. The quantitative estimate of drug-likeness (QED) is 0.762. The molecule has 0 unspecified atom stereocenters. The highest BCUT2D eigenvalue weighted by Crippen LogP contribution is 2.17. The first-order valence-electron chi connectivity index (χ1n) is 7.42. The molecule has 0 aliphatic rings. The number of unbranched alkanes of at least 4 members (excludes halogenated alkanes) is 1. The van der Waals surface area contributed by atoms with Gasteiger partial charge in [-0.3, -0.25) is 9.78 Å². The molecule has 0 saturated heterocycles. The van der Waals surface area contributed by atoms with Gasteiger partial charge < -0.3 is 10.6 Å². The summed E-state index contributed by atoms with van der Waals surface area (Å²) in [5.74, 6) is -0.144. The van der Waals surface area contributed by atoms with Crippen LogP contribution in [0.1, 0.15) is 35.8 Å². The van der Waals surface area contributed by atoms with Crippen LogP contribution in [0.25, 0.3) is 0 Å². The van der Waals surface area contributed by atoms with Crippen LogP contribution < -0.4 is 10.6 Å². The van der Waals surface area contributed by atoms with E-state index in [0.717, 1.165) is 29.1 Å². The molecule has 0 bridgehead atoms. The number of nitrogens with zero attached hydrogens (tertiary/aromatic N) is 1. The van der Waals surface area contributed by atoms with Crippen molar-refractivity contribution >= 4 is 23.2 Å². The number of anilines is 1. The van der Waals surface area contributed by atoms with E-state index in [1.165, 1.54) is 0 Å². The largest absolute Gasteiger partial charge is 0.381 e. The fraction of sp³-hybridized carbons (Fsp3) is 0.294. The van der Waals surface area contributed by atoms with Crippen molar-refractivity contribution in [3.63, 3.8) is 0 Å². The van der Waals surface area contributed by atoms with Gasteiger partial charge in [-0.15, -0.1) is 0 Å². The van der Waals surface area contributed by atoms with E-state index in [0.29, 0.717) is 18.8 Å². The van der Waals surface area contributed by atoms with Crippen molar-refractivity contribution in [2.24, 2.45) is 0 Å². The predicted octanol–water partition coefficient (Wildman–Crippen LogP) is 3.88. The summed E-state index contributed by atoms with van der Waals surface area (Å²) in [6.07, 6.45) is 3.65. The van der Waals surface area contributed by atoms with E-state index in [2.05, 4.69) is 22.5 Å². The Kier molecular flexibility index (Phi) is 6.22. The Labute approximate surface area is 135 Å². The van der Waals surface area contributed by atoms with Crippen molar-refractivity contribution in [3.8, 4) is 0 Å². The molecular formula is C17H20ClN3O. The zero-order valence-electron chi connectivity index (χ0n) is 12.6.